The number of hydrogen-bond acceptors (Lipinski definition) is 5. The highest BCUT2D eigenvalue weighted by atomic mass is 16.5. The molecule has 1 N–H and O–H groups in total. The van der Waals surface area contributed by atoms with Crippen LogP contribution in [0.1, 0.15) is 27.8 Å². The number of aromatic nitrogens is 3. The molecule has 0 aliphatic carbocycles. The van der Waals surface area contributed by atoms with Crippen molar-refractivity contribution in [3.05, 3.63) is 59.5 Å². The SMILES string of the molecule is Cc1c(-c2cc(C(=O)N3CCN[C@@H](c4ccccc4)C3)no2)cnn1C. The fourth-order valence-electron chi connectivity index (χ4n) is 3.25. The summed E-state index contributed by atoms with van der Waals surface area (Å²) in [6.07, 6.45) is 1.72. The van der Waals surface area contributed by atoms with E-state index in [-0.39, 0.29) is 11.9 Å². The zero-order chi connectivity index (χ0) is 18.1. The third-order valence-electron chi connectivity index (χ3n) is 4.89. The first-order valence-electron chi connectivity index (χ1n) is 8.67. The fraction of sp³-hybridized carbons (Fsp3) is 0.316. The van der Waals surface area contributed by atoms with Gasteiger partial charge in [0, 0.05) is 44.5 Å². The van der Waals surface area contributed by atoms with Gasteiger partial charge in [-0.3, -0.25) is 9.48 Å². The molecule has 4 rings (SSSR count). The van der Waals surface area contributed by atoms with Crippen LogP contribution in [0.4, 0.5) is 0 Å². The summed E-state index contributed by atoms with van der Waals surface area (Å²) in [5.74, 6) is 0.456. The molecule has 134 valence electrons. The maximum Gasteiger partial charge on any atom is 0.276 e. The van der Waals surface area contributed by atoms with Crippen molar-refractivity contribution in [3.8, 4) is 11.3 Å². The van der Waals surface area contributed by atoms with Crippen LogP contribution in [0.3, 0.4) is 0 Å². The lowest BCUT2D eigenvalue weighted by molar-refractivity contribution is 0.0692. The van der Waals surface area contributed by atoms with Gasteiger partial charge in [-0.05, 0) is 12.5 Å². The highest BCUT2D eigenvalue weighted by Gasteiger charge is 2.27. The molecule has 0 spiro atoms. The Hall–Kier alpha value is -2.93. The number of hydrogen-bond donors (Lipinski definition) is 1. The van der Waals surface area contributed by atoms with Crippen molar-refractivity contribution in [2.45, 2.75) is 13.0 Å². The summed E-state index contributed by atoms with van der Waals surface area (Å²) in [6.45, 7) is 3.96. The van der Waals surface area contributed by atoms with Crippen LogP contribution in [0, 0.1) is 6.92 Å². The molecular formula is C19H21N5O2. The molecule has 1 amide bonds. The number of nitrogens with zero attached hydrogens (tertiary/aromatic N) is 4. The Labute approximate surface area is 151 Å². The van der Waals surface area contributed by atoms with Crippen LogP contribution in [0.25, 0.3) is 11.3 Å². The van der Waals surface area contributed by atoms with Crippen molar-refractivity contribution in [2.24, 2.45) is 7.05 Å². The molecule has 1 aliphatic heterocycles. The van der Waals surface area contributed by atoms with Crippen molar-refractivity contribution in [1.29, 1.82) is 0 Å². The Balaban J connectivity index is 1.52. The Kier molecular flexibility index (Phi) is 4.30. The van der Waals surface area contributed by atoms with Crippen molar-refractivity contribution in [3.63, 3.8) is 0 Å². The van der Waals surface area contributed by atoms with Gasteiger partial charge >= 0.3 is 0 Å². The predicted molar refractivity (Wildman–Crippen MR) is 96.5 cm³/mol. The predicted octanol–water partition coefficient (Wildman–Crippen LogP) is 2.17. The lowest BCUT2D eigenvalue weighted by atomic mass is 10.0. The molecule has 0 radical (unpaired) electrons. The molecule has 0 unspecified atom stereocenters. The smallest absolute Gasteiger partial charge is 0.276 e. The number of aryl methyl sites for hydroxylation is 1. The van der Waals surface area contributed by atoms with Crippen LogP contribution in [0.5, 0.6) is 0 Å². The van der Waals surface area contributed by atoms with Gasteiger partial charge in [0.2, 0.25) is 0 Å². The largest absolute Gasteiger partial charge is 0.355 e. The molecular weight excluding hydrogens is 330 g/mol. The van der Waals surface area contributed by atoms with Crippen LogP contribution < -0.4 is 5.32 Å². The Morgan fingerprint density at radius 1 is 1.31 bits per heavy atom. The van der Waals surface area contributed by atoms with Gasteiger partial charge < -0.3 is 14.7 Å². The Bertz CT molecular complexity index is 915. The van der Waals surface area contributed by atoms with Gasteiger partial charge in [0.1, 0.15) is 0 Å². The maximum absolute atomic E-state index is 12.9. The minimum absolute atomic E-state index is 0.107. The summed E-state index contributed by atoms with van der Waals surface area (Å²) < 4.78 is 7.17. The van der Waals surface area contributed by atoms with E-state index >= 15 is 0 Å². The van der Waals surface area contributed by atoms with E-state index in [9.17, 15) is 4.79 Å². The normalized spacial score (nSPS) is 17.5. The van der Waals surface area contributed by atoms with E-state index in [1.54, 1.807) is 16.9 Å². The number of piperazine rings is 1. The molecule has 7 nitrogen and oxygen atoms in total. The molecule has 1 saturated heterocycles. The van der Waals surface area contributed by atoms with Crippen molar-refractivity contribution in [1.82, 2.24) is 25.2 Å². The van der Waals surface area contributed by atoms with Crippen LogP contribution >= 0.6 is 0 Å². The molecule has 0 saturated carbocycles. The molecule has 3 heterocycles. The summed E-state index contributed by atoms with van der Waals surface area (Å²) >= 11 is 0. The number of nitrogens with one attached hydrogen (secondary N) is 1. The molecule has 2 aromatic heterocycles. The molecule has 1 fully saturated rings. The zero-order valence-electron chi connectivity index (χ0n) is 14.8. The monoisotopic (exact) mass is 351 g/mol. The summed E-state index contributed by atoms with van der Waals surface area (Å²) in [5, 5.41) is 11.7. The topological polar surface area (TPSA) is 76.2 Å². The fourth-order valence-corrected chi connectivity index (χ4v) is 3.25. The molecule has 7 heteroatoms. The molecule has 26 heavy (non-hydrogen) atoms. The molecule has 1 aromatic carbocycles. The Morgan fingerprint density at radius 2 is 2.12 bits per heavy atom. The number of carbonyl (C=O) groups is 1. The lowest BCUT2D eigenvalue weighted by Crippen LogP contribution is -2.48. The highest BCUT2D eigenvalue weighted by Crippen LogP contribution is 2.24. The summed E-state index contributed by atoms with van der Waals surface area (Å²) in [7, 11) is 1.87. The van der Waals surface area contributed by atoms with Crippen LogP contribution in [-0.2, 0) is 7.05 Å². The molecule has 0 bridgehead atoms. The van der Waals surface area contributed by atoms with Gasteiger partial charge in [-0.15, -0.1) is 0 Å². The molecule has 1 aliphatic rings. The molecule has 1 atom stereocenters. The van der Waals surface area contributed by atoms with Crippen molar-refractivity contribution in [2.75, 3.05) is 19.6 Å². The van der Waals surface area contributed by atoms with E-state index in [0.29, 0.717) is 24.5 Å². The van der Waals surface area contributed by atoms with E-state index in [4.69, 9.17) is 4.52 Å². The van der Waals surface area contributed by atoms with Gasteiger partial charge in [-0.1, -0.05) is 35.5 Å². The van der Waals surface area contributed by atoms with E-state index in [1.165, 1.54) is 5.56 Å². The van der Waals surface area contributed by atoms with Gasteiger partial charge in [-0.2, -0.15) is 5.10 Å². The lowest BCUT2D eigenvalue weighted by Gasteiger charge is -2.33. The number of carbonyl (C=O) groups excluding carboxylic acids is 1. The number of amides is 1. The summed E-state index contributed by atoms with van der Waals surface area (Å²) in [6, 6.07) is 12.0. The van der Waals surface area contributed by atoms with E-state index < -0.39 is 0 Å². The first kappa shape index (κ1) is 16.5. The van der Waals surface area contributed by atoms with E-state index in [2.05, 4.69) is 27.7 Å². The number of rotatable bonds is 3. The van der Waals surface area contributed by atoms with Crippen molar-refractivity contribution >= 4 is 5.91 Å². The highest BCUT2D eigenvalue weighted by molar-refractivity contribution is 5.93. The summed E-state index contributed by atoms with van der Waals surface area (Å²) in [4.78, 5) is 14.7. The van der Waals surface area contributed by atoms with Crippen molar-refractivity contribution < 1.29 is 9.32 Å². The maximum atomic E-state index is 12.9. The Morgan fingerprint density at radius 3 is 2.85 bits per heavy atom. The minimum Gasteiger partial charge on any atom is -0.355 e. The van der Waals surface area contributed by atoms with E-state index in [0.717, 1.165) is 17.8 Å². The average Bonchev–Trinajstić information content (AvgIpc) is 3.29. The van der Waals surface area contributed by atoms with Crippen LogP contribution in [0.2, 0.25) is 0 Å². The van der Waals surface area contributed by atoms with Crippen LogP contribution in [0.15, 0.2) is 47.1 Å². The van der Waals surface area contributed by atoms with Gasteiger partial charge in [0.15, 0.2) is 11.5 Å². The second-order valence-corrected chi connectivity index (χ2v) is 6.51. The second kappa shape index (κ2) is 6.76. The number of benzene rings is 1. The summed E-state index contributed by atoms with van der Waals surface area (Å²) in [5.41, 5.74) is 3.32. The first-order chi connectivity index (χ1) is 12.6. The van der Waals surface area contributed by atoms with Gasteiger partial charge in [0.25, 0.3) is 5.91 Å². The average molecular weight is 351 g/mol. The van der Waals surface area contributed by atoms with Gasteiger partial charge in [-0.25, -0.2) is 0 Å². The first-order valence-corrected chi connectivity index (χ1v) is 8.67. The standard InChI is InChI=1S/C19H21N5O2/c1-13-15(11-21-23(13)2)18-10-16(22-26-18)19(25)24-9-8-20-17(12-24)14-6-4-3-5-7-14/h3-7,10-11,17,20H,8-9,12H2,1-2H3/t17-/m1/s1. The van der Waals surface area contributed by atoms with Crippen LogP contribution in [-0.4, -0.2) is 45.4 Å². The third-order valence-corrected chi connectivity index (χ3v) is 4.89. The third kappa shape index (κ3) is 3.01. The minimum atomic E-state index is -0.107. The molecule has 3 aromatic rings. The zero-order valence-corrected chi connectivity index (χ0v) is 14.8. The van der Waals surface area contributed by atoms with Gasteiger partial charge in [0.05, 0.1) is 11.8 Å². The second-order valence-electron chi connectivity index (χ2n) is 6.51. The quantitative estimate of drug-likeness (QED) is 0.783. The van der Waals surface area contributed by atoms with E-state index in [1.807, 2.05) is 37.1 Å².